The molecule has 0 spiro atoms. The number of fused-ring (bicyclic) bond motifs is 4. The second kappa shape index (κ2) is 4.69. The van der Waals surface area contributed by atoms with Gasteiger partial charge < -0.3 is 0 Å². The lowest BCUT2D eigenvalue weighted by atomic mass is 9.94. The van der Waals surface area contributed by atoms with E-state index in [-0.39, 0.29) is 23.0 Å². The predicted octanol–water partition coefficient (Wildman–Crippen LogP) is 3.23. The second-order valence-electron chi connectivity index (χ2n) is 5.47. The first-order chi connectivity index (χ1) is 11.8. The molecular formula is C18H9N3O2S. The summed E-state index contributed by atoms with van der Waals surface area (Å²) in [7, 11) is 0. The number of ketones is 2. The first kappa shape index (κ1) is 13.3. The minimum absolute atomic E-state index is 0.182. The Bertz CT molecular complexity index is 1140. The van der Waals surface area contributed by atoms with Crippen LogP contribution in [0.15, 0.2) is 54.0 Å². The molecule has 3 aromatic heterocycles. The highest BCUT2D eigenvalue weighted by Crippen LogP contribution is 2.33. The zero-order valence-corrected chi connectivity index (χ0v) is 13.1. The molecule has 3 heterocycles. The van der Waals surface area contributed by atoms with Gasteiger partial charge in [0.25, 0.3) is 0 Å². The van der Waals surface area contributed by atoms with Crippen molar-refractivity contribution in [2.24, 2.45) is 0 Å². The molecule has 0 unspecified atom stereocenters. The maximum Gasteiger partial charge on any atom is 0.232 e. The van der Waals surface area contributed by atoms with Crippen molar-refractivity contribution in [1.29, 1.82) is 0 Å². The monoisotopic (exact) mass is 331 g/mol. The Balaban J connectivity index is 1.85. The molecule has 0 bridgehead atoms. The Labute approximate surface area is 140 Å². The number of thiazole rings is 1. The summed E-state index contributed by atoms with van der Waals surface area (Å²) >= 11 is 1.41. The van der Waals surface area contributed by atoms with Crippen LogP contribution in [0, 0.1) is 0 Å². The first-order valence-corrected chi connectivity index (χ1v) is 8.23. The van der Waals surface area contributed by atoms with Gasteiger partial charge in [0.2, 0.25) is 11.6 Å². The number of pyridine rings is 1. The summed E-state index contributed by atoms with van der Waals surface area (Å²) in [4.78, 5) is 34.7. The molecule has 114 valence electrons. The van der Waals surface area contributed by atoms with Crippen molar-refractivity contribution in [3.63, 3.8) is 0 Å². The first-order valence-electron chi connectivity index (χ1n) is 7.35. The van der Waals surface area contributed by atoms with Gasteiger partial charge in [-0.05, 0) is 17.7 Å². The molecule has 5 nitrogen and oxygen atoms in total. The van der Waals surface area contributed by atoms with Crippen LogP contribution >= 0.6 is 11.3 Å². The molecule has 0 aliphatic heterocycles. The summed E-state index contributed by atoms with van der Waals surface area (Å²) in [5.41, 5.74) is 2.87. The smallest absolute Gasteiger partial charge is 0.232 e. The van der Waals surface area contributed by atoms with E-state index in [4.69, 9.17) is 0 Å². The standard InChI is InChI=1S/C18H9N3O2S/c22-16-11-7-4-8-19-13(11)17(23)14-15(16)21-12(9-24-18(21)20-14)10-5-2-1-3-6-10/h1-9H. The lowest BCUT2D eigenvalue weighted by molar-refractivity contribution is 0.0969. The summed E-state index contributed by atoms with van der Waals surface area (Å²) < 4.78 is 1.78. The highest BCUT2D eigenvalue weighted by molar-refractivity contribution is 7.15. The SMILES string of the molecule is O=C1c2ncccc2C(=O)c2c1nc1scc(-c3ccccc3)n21. The van der Waals surface area contributed by atoms with Gasteiger partial charge in [-0.2, -0.15) is 0 Å². The molecule has 24 heavy (non-hydrogen) atoms. The highest BCUT2D eigenvalue weighted by Gasteiger charge is 2.36. The van der Waals surface area contributed by atoms with E-state index in [2.05, 4.69) is 9.97 Å². The number of carbonyl (C=O) groups is 2. The highest BCUT2D eigenvalue weighted by atomic mass is 32.1. The number of imidazole rings is 1. The lowest BCUT2D eigenvalue weighted by Crippen LogP contribution is -2.23. The number of benzene rings is 1. The Morgan fingerprint density at radius 3 is 2.58 bits per heavy atom. The average Bonchev–Trinajstić information content (AvgIpc) is 3.20. The minimum atomic E-state index is -0.296. The zero-order chi connectivity index (χ0) is 16.3. The van der Waals surface area contributed by atoms with Crippen LogP contribution < -0.4 is 0 Å². The van der Waals surface area contributed by atoms with E-state index in [0.717, 1.165) is 11.3 Å². The van der Waals surface area contributed by atoms with Crippen LogP contribution in [0.1, 0.15) is 32.2 Å². The third-order valence-electron chi connectivity index (χ3n) is 4.13. The molecule has 0 saturated heterocycles. The molecule has 0 saturated carbocycles. The molecule has 0 radical (unpaired) electrons. The Hall–Kier alpha value is -3.12. The summed E-state index contributed by atoms with van der Waals surface area (Å²) in [6.45, 7) is 0. The van der Waals surface area contributed by atoms with Crippen LogP contribution in [-0.2, 0) is 0 Å². The van der Waals surface area contributed by atoms with E-state index in [9.17, 15) is 9.59 Å². The fourth-order valence-electron chi connectivity index (χ4n) is 3.05. The number of aromatic nitrogens is 3. The van der Waals surface area contributed by atoms with Crippen molar-refractivity contribution in [3.05, 3.63) is 76.7 Å². The molecular weight excluding hydrogens is 322 g/mol. The summed E-state index contributed by atoms with van der Waals surface area (Å²) in [5, 5.41) is 1.95. The fraction of sp³-hybridized carbons (Fsp3) is 0. The Morgan fingerprint density at radius 2 is 1.75 bits per heavy atom. The predicted molar refractivity (Wildman–Crippen MR) is 89.6 cm³/mol. The Morgan fingerprint density at radius 1 is 0.917 bits per heavy atom. The molecule has 6 heteroatoms. The normalized spacial score (nSPS) is 13.2. The molecule has 0 atom stereocenters. The van der Waals surface area contributed by atoms with Crippen LogP contribution in [0.5, 0.6) is 0 Å². The number of nitrogens with zero attached hydrogens (tertiary/aromatic N) is 3. The molecule has 1 aliphatic rings. The number of carbonyl (C=O) groups excluding carboxylic acids is 2. The minimum Gasteiger partial charge on any atom is -0.287 e. The van der Waals surface area contributed by atoms with Gasteiger partial charge in [-0.1, -0.05) is 30.3 Å². The van der Waals surface area contributed by atoms with Crippen LogP contribution in [0.4, 0.5) is 0 Å². The number of rotatable bonds is 1. The van der Waals surface area contributed by atoms with Crippen LogP contribution in [0.25, 0.3) is 16.2 Å². The lowest BCUT2D eigenvalue weighted by Gasteiger charge is -2.13. The molecule has 1 aliphatic carbocycles. The summed E-state index contributed by atoms with van der Waals surface area (Å²) in [6.07, 6.45) is 1.52. The average molecular weight is 331 g/mol. The molecule has 4 aromatic rings. The van der Waals surface area contributed by atoms with E-state index < -0.39 is 0 Å². The molecule has 0 fully saturated rings. The van der Waals surface area contributed by atoms with Crippen molar-refractivity contribution in [2.45, 2.75) is 0 Å². The van der Waals surface area contributed by atoms with E-state index in [1.54, 1.807) is 16.5 Å². The summed E-state index contributed by atoms with van der Waals surface area (Å²) in [5.74, 6) is -0.508. The van der Waals surface area contributed by atoms with Crippen molar-refractivity contribution in [3.8, 4) is 11.3 Å². The van der Waals surface area contributed by atoms with Gasteiger partial charge >= 0.3 is 0 Å². The largest absolute Gasteiger partial charge is 0.287 e. The van der Waals surface area contributed by atoms with E-state index in [0.29, 0.717) is 16.2 Å². The third-order valence-corrected chi connectivity index (χ3v) is 4.96. The van der Waals surface area contributed by atoms with Crippen molar-refractivity contribution in [2.75, 3.05) is 0 Å². The van der Waals surface area contributed by atoms with Crippen LogP contribution in [-0.4, -0.2) is 25.9 Å². The Kier molecular flexibility index (Phi) is 2.60. The van der Waals surface area contributed by atoms with Gasteiger partial charge in [0.05, 0.1) is 11.3 Å². The topological polar surface area (TPSA) is 64.3 Å². The quantitative estimate of drug-likeness (QED) is 0.473. The van der Waals surface area contributed by atoms with Gasteiger partial charge in [-0.15, -0.1) is 11.3 Å². The maximum atomic E-state index is 13.0. The molecule has 0 N–H and O–H groups in total. The van der Waals surface area contributed by atoms with Gasteiger partial charge in [0, 0.05) is 11.6 Å². The van der Waals surface area contributed by atoms with Crippen molar-refractivity contribution >= 4 is 27.9 Å². The van der Waals surface area contributed by atoms with Gasteiger partial charge in [-0.25, -0.2) is 4.98 Å². The molecule has 1 aromatic carbocycles. The van der Waals surface area contributed by atoms with E-state index >= 15 is 0 Å². The van der Waals surface area contributed by atoms with Gasteiger partial charge in [-0.3, -0.25) is 19.0 Å². The zero-order valence-electron chi connectivity index (χ0n) is 12.3. The molecule has 0 amide bonds. The summed E-state index contributed by atoms with van der Waals surface area (Å²) in [6, 6.07) is 13.1. The van der Waals surface area contributed by atoms with Crippen LogP contribution in [0.3, 0.4) is 0 Å². The maximum absolute atomic E-state index is 13.0. The fourth-order valence-corrected chi connectivity index (χ4v) is 3.94. The van der Waals surface area contributed by atoms with Crippen molar-refractivity contribution < 1.29 is 9.59 Å². The third kappa shape index (κ3) is 1.63. The van der Waals surface area contributed by atoms with Gasteiger partial charge in [0.1, 0.15) is 17.1 Å². The molecule has 5 rings (SSSR count). The van der Waals surface area contributed by atoms with Crippen LogP contribution in [0.2, 0.25) is 0 Å². The van der Waals surface area contributed by atoms with Gasteiger partial charge in [0.15, 0.2) is 4.96 Å². The van der Waals surface area contributed by atoms with Crippen molar-refractivity contribution in [1.82, 2.24) is 14.4 Å². The van der Waals surface area contributed by atoms with E-state index in [1.807, 2.05) is 35.7 Å². The van der Waals surface area contributed by atoms with E-state index in [1.165, 1.54) is 17.5 Å². The second-order valence-corrected chi connectivity index (χ2v) is 6.31. The number of hydrogen-bond acceptors (Lipinski definition) is 5. The number of hydrogen-bond donors (Lipinski definition) is 0.